The lowest BCUT2D eigenvalue weighted by Gasteiger charge is -2.31. The second-order valence-electron chi connectivity index (χ2n) is 7.08. The lowest BCUT2D eigenvalue weighted by atomic mass is 9.75. The van der Waals surface area contributed by atoms with Crippen LogP contribution < -0.4 is 5.73 Å². The van der Waals surface area contributed by atoms with Crippen LogP contribution in [0.1, 0.15) is 30.9 Å². The summed E-state index contributed by atoms with van der Waals surface area (Å²) in [6, 6.07) is 16.8. The molecule has 2 aromatic rings. The van der Waals surface area contributed by atoms with E-state index in [0.717, 1.165) is 5.56 Å². The van der Waals surface area contributed by atoms with Gasteiger partial charge in [0, 0.05) is 22.3 Å². The van der Waals surface area contributed by atoms with Crippen molar-refractivity contribution in [2.75, 3.05) is 6.61 Å². The first-order valence-electron chi connectivity index (χ1n) is 9.58. The first kappa shape index (κ1) is 21.5. The van der Waals surface area contributed by atoms with Crippen LogP contribution in [0.25, 0.3) is 6.08 Å². The molecule has 3 rings (SSSR count). The van der Waals surface area contributed by atoms with Crippen molar-refractivity contribution in [1.29, 1.82) is 0 Å². The molecule has 1 aliphatic rings. The van der Waals surface area contributed by atoms with Crippen molar-refractivity contribution in [2.45, 2.75) is 19.8 Å². The second-order valence-corrected chi connectivity index (χ2v) is 7.51. The summed E-state index contributed by atoms with van der Waals surface area (Å²) in [5, 5.41) is 0.507. The van der Waals surface area contributed by atoms with E-state index >= 15 is 0 Å². The molecule has 1 aliphatic heterocycles. The standard InChI is InChI=1S/C24H23ClN2O3/c1-15-20(23(26)28)22(18-11-6-12-19(25)14-18)21(16(2)27-15)24(29)30-13-7-10-17-8-4-3-5-9-17/h3-12,14,20,22H,13H2,1-2H3,(H2,26,28). The summed E-state index contributed by atoms with van der Waals surface area (Å²) in [5.74, 6) is -2.44. The molecule has 0 spiro atoms. The number of allylic oxidation sites excluding steroid dienone is 1. The van der Waals surface area contributed by atoms with E-state index in [9.17, 15) is 9.59 Å². The Morgan fingerprint density at radius 2 is 1.87 bits per heavy atom. The van der Waals surface area contributed by atoms with Gasteiger partial charge >= 0.3 is 5.97 Å². The first-order chi connectivity index (χ1) is 14.4. The lowest BCUT2D eigenvalue weighted by Crippen LogP contribution is -2.39. The Morgan fingerprint density at radius 1 is 1.13 bits per heavy atom. The Hall–Kier alpha value is -3.18. The Balaban J connectivity index is 1.88. The molecule has 0 saturated carbocycles. The molecule has 154 valence electrons. The highest BCUT2D eigenvalue weighted by atomic mass is 35.5. The van der Waals surface area contributed by atoms with E-state index in [1.807, 2.05) is 42.5 Å². The number of rotatable bonds is 6. The molecule has 0 bridgehead atoms. The summed E-state index contributed by atoms with van der Waals surface area (Å²) >= 11 is 6.16. The normalized spacial score (nSPS) is 19.0. The van der Waals surface area contributed by atoms with Crippen LogP contribution >= 0.6 is 11.6 Å². The van der Waals surface area contributed by atoms with Gasteiger partial charge in [-0.2, -0.15) is 0 Å². The predicted molar refractivity (Wildman–Crippen MR) is 119 cm³/mol. The third-order valence-electron chi connectivity index (χ3n) is 4.98. The maximum absolute atomic E-state index is 13.0. The van der Waals surface area contributed by atoms with Crippen molar-refractivity contribution in [3.05, 3.63) is 88.1 Å². The molecule has 2 unspecified atom stereocenters. The van der Waals surface area contributed by atoms with Gasteiger partial charge in [-0.05, 0) is 43.2 Å². The van der Waals surface area contributed by atoms with Gasteiger partial charge in [-0.15, -0.1) is 0 Å². The third kappa shape index (κ3) is 4.86. The number of benzene rings is 2. The zero-order valence-corrected chi connectivity index (χ0v) is 17.6. The van der Waals surface area contributed by atoms with E-state index in [1.54, 1.807) is 38.1 Å². The molecule has 2 atom stereocenters. The van der Waals surface area contributed by atoms with Crippen LogP contribution in [0.3, 0.4) is 0 Å². The number of ether oxygens (including phenoxy) is 1. The molecule has 2 N–H and O–H groups in total. The molecule has 0 fully saturated rings. The van der Waals surface area contributed by atoms with Crippen LogP contribution in [0.5, 0.6) is 0 Å². The predicted octanol–water partition coefficient (Wildman–Crippen LogP) is 4.53. The number of halogens is 1. The van der Waals surface area contributed by atoms with Crippen molar-refractivity contribution >= 4 is 35.3 Å². The minimum Gasteiger partial charge on any atom is -0.458 e. The summed E-state index contributed by atoms with van der Waals surface area (Å²) in [5.41, 5.74) is 8.79. The molecule has 0 aromatic heterocycles. The Bertz CT molecular complexity index is 1040. The summed E-state index contributed by atoms with van der Waals surface area (Å²) in [4.78, 5) is 29.6. The minimum absolute atomic E-state index is 0.0940. The zero-order valence-electron chi connectivity index (χ0n) is 16.8. The Kier molecular flexibility index (Phi) is 6.85. The van der Waals surface area contributed by atoms with Crippen LogP contribution in [0, 0.1) is 5.92 Å². The molecule has 1 amide bonds. The molecule has 1 heterocycles. The van der Waals surface area contributed by atoms with E-state index in [4.69, 9.17) is 22.1 Å². The number of carbonyl (C=O) groups is 2. The molecule has 0 radical (unpaired) electrons. The molecule has 2 aromatic carbocycles. The van der Waals surface area contributed by atoms with Crippen LogP contribution in [0.15, 0.2) is 76.9 Å². The maximum Gasteiger partial charge on any atom is 0.336 e. The van der Waals surface area contributed by atoms with Gasteiger partial charge in [-0.1, -0.05) is 60.1 Å². The highest BCUT2D eigenvalue weighted by Crippen LogP contribution is 2.40. The van der Waals surface area contributed by atoms with Gasteiger partial charge in [-0.25, -0.2) is 4.79 Å². The number of nitrogens with two attached hydrogens (primary N) is 1. The van der Waals surface area contributed by atoms with Crippen molar-refractivity contribution in [1.82, 2.24) is 0 Å². The van der Waals surface area contributed by atoms with E-state index in [2.05, 4.69) is 4.99 Å². The second kappa shape index (κ2) is 9.55. The van der Waals surface area contributed by atoms with Crippen LogP contribution in [0.4, 0.5) is 0 Å². The number of nitrogens with zero attached hydrogens (tertiary/aromatic N) is 1. The largest absolute Gasteiger partial charge is 0.458 e. The van der Waals surface area contributed by atoms with Crippen LogP contribution in [-0.2, 0) is 14.3 Å². The monoisotopic (exact) mass is 422 g/mol. The van der Waals surface area contributed by atoms with Crippen molar-refractivity contribution in [3.63, 3.8) is 0 Å². The SMILES string of the molecule is CC1=NC(C)=C(C(=O)OCC=Cc2ccccc2)C(c2cccc(Cl)c2)C1C(N)=O. The minimum atomic E-state index is -0.755. The highest BCUT2D eigenvalue weighted by molar-refractivity contribution is 6.30. The van der Waals surface area contributed by atoms with Gasteiger partial charge in [0.1, 0.15) is 6.61 Å². The number of aliphatic imine (C=N–C) groups is 1. The average Bonchev–Trinajstić information content (AvgIpc) is 2.71. The summed E-state index contributed by atoms with van der Waals surface area (Å²) in [7, 11) is 0. The van der Waals surface area contributed by atoms with Gasteiger partial charge in [0.2, 0.25) is 5.91 Å². The lowest BCUT2D eigenvalue weighted by molar-refractivity contribution is -0.138. The van der Waals surface area contributed by atoms with Crippen molar-refractivity contribution in [2.24, 2.45) is 16.6 Å². The molecule has 0 saturated heterocycles. The van der Waals surface area contributed by atoms with Crippen LogP contribution in [0.2, 0.25) is 5.02 Å². The third-order valence-corrected chi connectivity index (χ3v) is 5.22. The van der Waals surface area contributed by atoms with Gasteiger partial charge in [0.25, 0.3) is 0 Å². The topological polar surface area (TPSA) is 81.8 Å². The van der Waals surface area contributed by atoms with E-state index in [1.165, 1.54) is 0 Å². The van der Waals surface area contributed by atoms with E-state index < -0.39 is 23.7 Å². The van der Waals surface area contributed by atoms with E-state index in [0.29, 0.717) is 27.6 Å². The van der Waals surface area contributed by atoms with Crippen molar-refractivity contribution < 1.29 is 14.3 Å². The fourth-order valence-electron chi connectivity index (χ4n) is 3.68. The summed E-state index contributed by atoms with van der Waals surface area (Å²) in [6.45, 7) is 3.56. The number of hydrogen-bond donors (Lipinski definition) is 1. The molecule has 5 nitrogen and oxygen atoms in total. The quantitative estimate of drug-likeness (QED) is 0.694. The zero-order chi connectivity index (χ0) is 21.7. The van der Waals surface area contributed by atoms with Gasteiger partial charge in [-0.3, -0.25) is 9.79 Å². The Morgan fingerprint density at radius 3 is 2.53 bits per heavy atom. The van der Waals surface area contributed by atoms with Crippen molar-refractivity contribution in [3.8, 4) is 0 Å². The number of amides is 1. The summed E-state index contributed by atoms with van der Waals surface area (Å²) < 4.78 is 5.48. The number of esters is 1. The van der Waals surface area contributed by atoms with Gasteiger partial charge in [0.15, 0.2) is 0 Å². The van der Waals surface area contributed by atoms with Gasteiger partial charge in [0.05, 0.1) is 11.5 Å². The molecular formula is C24H23ClN2O3. The number of hydrogen-bond acceptors (Lipinski definition) is 4. The molecule has 30 heavy (non-hydrogen) atoms. The molecule has 0 aliphatic carbocycles. The average molecular weight is 423 g/mol. The van der Waals surface area contributed by atoms with Crippen LogP contribution in [-0.4, -0.2) is 24.2 Å². The Labute approximate surface area is 180 Å². The van der Waals surface area contributed by atoms with Gasteiger partial charge < -0.3 is 10.5 Å². The first-order valence-corrected chi connectivity index (χ1v) is 9.95. The summed E-state index contributed by atoms with van der Waals surface area (Å²) in [6.07, 6.45) is 3.64. The smallest absolute Gasteiger partial charge is 0.336 e. The molecular weight excluding hydrogens is 400 g/mol. The highest BCUT2D eigenvalue weighted by Gasteiger charge is 2.40. The maximum atomic E-state index is 13.0. The fraction of sp³-hybridized carbons (Fsp3) is 0.208. The molecule has 6 heteroatoms. The fourth-order valence-corrected chi connectivity index (χ4v) is 3.88. The van der Waals surface area contributed by atoms with E-state index in [-0.39, 0.29) is 6.61 Å². The number of primary amides is 1. The number of carbonyl (C=O) groups excluding carboxylic acids is 2.